The van der Waals surface area contributed by atoms with Crippen LogP contribution in [0.25, 0.3) is 0 Å². The molecule has 4 nitrogen and oxygen atoms in total. The molecular formula is C13H19BrN2O2. The molecule has 0 heterocycles. The third kappa shape index (κ3) is 3.71. The van der Waals surface area contributed by atoms with E-state index < -0.39 is 0 Å². The summed E-state index contributed by atoms with van der Waals surface area (Å²) in [5, 5.41) is 0. The van der Waals surface area contributed by atoms with Crippen molar-refractivity contribution in [1.29, 1.82) is 0 Å². The molecule has 1 atom stereocenters. The second kappa shape index (κ2) is 6.75. The van der Waals surface area contributed by atoms with Crippen molar-refractivity contribution < 1.29 is 9.53 Å². The first-order valence-electron chi connectivity index (χ1n) is 5.79. The fourth-order valence-corrected chi connectivity index (χ4v) is 2.05. The molecule has 0 saturated heterocycles. The zero-order valence-corrected chi connectivity index (χ0v) is 12.5. The highest BCUT2D eigenvalue weighted by molar-refractivity contribution is 9.10. The van der Waals surface area contributed by atoms with Crippen molar-refractivity contribution in [2.75, 3.05) is 25.6 Å². The maximum atomic E-state index is 12.0. The zero-order valence-electron chi connectivity index (χ0n) is 10.9. The van der Waals surface area contributed by atoms with Crippen LogP contribution in [0.5, 0.6) is 5.75 Å². The molecule has 100 valence electrons. The van der Waals surface area contributed by atoms with E-state index in [-0.39, 0.29) is 11.8 Å². The zero-order chi connectivity index (χ0) is 13.7. The van der Waals surface area contributed by atoms with E-state index >= 15 is 0 Å². The number of anilines is 1. The summed E-state index contributed by atoms with van der Waals surface area (Å²) in [6, 6.07) is 5.55. The largest absolute Gasteiger partial charge is 0.496 e. The molecule has 2 N–H and O–H groups in total. The molecule has 18 heavy (non-hydrogen) atoms. The smallest absolute Gasteiger partial charge is 0.227 e. The molecule has 1 rings (SSSR count). The minimum atomic E-state index is 0.0602. The van der Waals surface area contributed by atoms with Crippen LogP contribution in [0.1, 0.15) is 13.3 Å². The van der Waals surface area contributed by atoms with Crippen LogP contribution in [0.4, 0.5) is 5.69 Å². The summed E-state index contributed by atoms with van der Waals surface area (Å²) < 4.78 is 5.98. The van der Waals surface area contributed by atoms with E-state index in [1.807, 2.05) is 25.1 Å². The maximum Gasteiger partial charge on any atom is 0.227 e. The molecule has 0 saturated carbocycles. The van der Waals surface area contributed by atoms with Crippen molar-refractivity contribution in [3.63, 3.8) is 0 Å². The first-order valence-corrected chi connectivity index (χ1v) is 6.59. The normalized spacial score (nSPS) is 12.1. The lowest BCUT2D eigenvalue weighted by atomic mass is 10.1. The monoisotopic (exact) mass is 314 g/mol. The van der Waals surface area contributed by atoms with Gasteiger partial charge in [0.25, 0.3) is 0 Å². The summed E-state index contributed by atoms with van der Waals surface area (Å²) in [5.41, 5.74) is 6.36. The quantitative estimate of drug-likeness (QED) is 0.908. The Kier molecular flexibility index (Phi) is 5.62. The van der Waals surface area contributed by atoms with Gasteiger partial charge in [0.1, 0.15) is 5.75 Å². The number of halogens is 1. The van der Waals surface area contributed by atoms with Crippen molar-refractivity contribution >= 4 is 27.5 Å². The van der Waals surface area contributed by atoms with E-state index in [4.69, 9.17) is 10.5 Å². The van der Waals surface area contributed by atoms with Crippen LogP contribution in [-0.2, 0) is 4.79 Å². The molecule has 0 aromatic heterocycles. The van der Waals surface area contributed by atoms with Crippen LogP contribution < -0.4 is 15.4 Å². The first-order chi connectivity index (χ1) is 8.49. The summed E-state index contributed by atoms with van der Waals surface area (Å²) in [5.74, 6) is 1.00. The number of hydrogen-bond acceptors (Lipinski definition) is 3. The van der Waals surface area contributed by atoms with Crippen molar-refractivity contribution in [2.24, 2.45) is 11.7 Å². The van der Waals surface area contributed by atoms with Crippen LogP contribution >= 0.6 is 15.9 Å². The number of hydrogen-bond donors (Lipinski definition) is 1. The first kappa shape index (κ1) is 15.0. The molecule has 0 bridgehead atoms. The number of nitrogens with two attached hydrogens (primary N) is 1. The van der Waals surface area contributed by atoms with Gasteiger partial charge >= 0.3 is 0 Å². The molecule has 0 aliphatic carbocycles. The molecule has 0 fully saturated rings. The number of rotatable bonds is 5. The lowest BCUT2D eigenvalue weighted by Crippen LogP contribution is -2.29. The van der Waals surface area contributed by atoms with Gasteiger partial charge < -0.3 is 15.4 Å². The van der Waals surface area contributed by atoms with Gasteiger partial charge in [0.05, 0.1) is 11.6 Å². The Morgan fingerprint density at radius 1 is 1.56 bits per heavy atom. The highest BCUT2D eigenvalue weighted by Crippen LogP contribution is 2.29. The number of benzene rings is 1. The molecule has 0 spiro atoms. The highest BCUT2D eigenvalue weighted by Gasteiger charge is 2.15. The van der Waals surface area contributed by atoms with Crippen LogP contribution in [0.3, 0.4) is 0 Å². The molecule has 0 aliphatic rings. The second-order valence-corrected chi connectivity index (χ2v) is 5.17. The Balaban J connectivity index is 2.80. The summed E-state index contributed by atoms with van der Waals surface area (Å²) in [6.07, 6.45) is 0.455. The van der Waals surface area contributed by atoms with Gasteiger partial charge in [0.2, 0.25) is 5.91 Å². The number of nitrogens with zero attached hydrogens (tertiary/aromatic N) is 1. The number of ether oxygens (including phenoxy) is 1. The third-order valence-electron chi connectivity index (χ3n) is 2.82. The van der Waals surface area contributed by atoms with E-state index in [0.29, 0.717) is 13.0 Å². The van der Waals surface area contributed by atoms with Crippen LogP contribution in [0.2, 0.25) is 0 Å². The van der Waals surface area contributed by atoms with Crippen molar-refractivity contribution in [3.8, 4) is 5.75 Å². The van der Waals surface area contributed by atoms with Gasteiger partial charge in [-0.15, -0.1) is 0 Å². The van der Waals surface area contributed by atoms with Gasteiger partial charge in [-0.2, -0.15) is 0 Å². The fraction of sp³-hybridized carbons (Fsp3) is 0.462. The highest BCUT2D eigenvalue weighted by atomic mass is 79.9. The van der Waals surface area contributed by atoms with Gasteiger partial charge in [0.15, 0.2) is 0 Å². The Labute approximate surface area is 116 Å². The second-order valence-electron chi connectivity index (χ2n) is 4.32. The van der Waals surface area contributed by atoms with Crippen LogP contribution in [0.15, 0.2) is 22.7 Å². The minimum absolute atomic E-state index is 0.0602. The Morgan fingerprint density at radius 2 is 2.22 bits per heavy atom. The van der Waals surface area contributed by atoms with Gasteiger partial charge in [-0.3, -0.25) is 4.79 Å². The lowest BCUT2D eigenvalue weighted by molar-refractivity contribution is -0.119. The molecule has 0 aliphatic heterocycles. The topological polar surface area (TPSA) is 55.6 Å². The molecule has 1 unspecified atom stereocenters. The molecule has 1 aromatic carbocycles. The van der Waals surface area contributed by atoms with Crippen molar-refractivity contribution in [1.82, 2.24) is 0 Å². The minimum Gasteiger partial charge on any atom is -0.496 e. The van der Waals surface area contributed by atoms with Gasteiger partial charge in [-0.1, -0.05) is 6.92 Å². The standard InChI is InChI=1S/C13H19BrN2O2/c1-9(8-15)6-13(17)16(2)10-4-5-12(18-3)11(14)7-10/h4-5,7,9H,6,8,15H2,1-3H3. The summed E-state index contributed by atoms with van der Waals surface area (Å²) >= 11 is 3.41. The van der Waals surface area contributed by atoms with Crippen molar-refractivity contribution in [2.45, 2.75) is 13.3 Å². The average Bonchev–Trinajstić information content (AvgIpc) is 2.37. The Hall–Kier alpha value is -1.07. The number of carbonyl (C=O) groups is 1. The fourth-order valence-electron chi connectivity index (χ4n) is 1.53. The predicted octanol–water partition coefficient (Wildman–Crippen LogP) is 2.41. The van der Waals surface area contributed by atoms with E-state index in [9.17, 15) is 4.79 Å². The van der Waals surface area contributed by atoms with Crippen molar-refractivity contribution in [3.05, 3.63) is 22.7 Å². The third-order valence-corrected chi connectivity index (χ3v) is 3.44. The molecule has 5 heteroatoms. The number of amides is 1. The van der Waals surface area contributed by atoms with Gasteiger partial charge in [0, 0.05) is 19.2 Å². The van der Waals surface area contributed by atoms with Crippen LogP contribution in [0, 0.1) is 5.92 Å². The van der Waals surface area contributed by atoms with E-state index in [1.165, 1.54) is 0 Å². The Morgan fingerprint density at radius 3 is 2.72 bits per heavy atom. The molecular weight excluding hydrogens is 296 g/mol. The van der Waals surface area contributed by atoms with Gasteiger partial charge in [-0.05, 0) is 46.6 Å². The molecule has 1 aromatic rings. The average molecular weight is 315 g/mol. The summed E-state index contributed by atoms with van der Waals surface area (Å²) in [7, 11) is 3.37. The molecule has 1 amide bonds. The van der Waals surface area contributed by atoms with E-state index in [2.05, 4.69) is 15.9 Å². The van der Waals surface area contributed by atoms with Crippen LogP contribution in [-0.4, -0.2) is 26.6 Å². The van der Waals surface area contributed by atoms with E-state index in [0.717, 1.165) is 15.9 Å². The number of methoxy groups -OCH3 is 1. The Bertz CT molecular complexity index is 423. The predicted molar refractivity (Wildman–Crippen MR) is 76.9 cm³/mol. The van der Waals surface area contributed by atoms with E-state index in [1.54, 1.807) is 19.1 Å². The number of carbonyl (C=O) groups excluding carboxylic acids is 1. The maximum absolute atomic E-state index is 12.0. The SMILES string of the molecule is COc1ccc(N(C)C(=O)CC(C)CN)cc1Br. The molecule has 0 radical (unpaired) electrons. The summed E-state index contributed by atoms with van der Waals surface area (Å²) in [6.45, 7) is 2.49. The lowest BCUT2D eigenvalue weighted by Gasteiger charge is -2.20. The summed E-state index contributed by atoms with van der Waals surface area (Å²) in [4.78, 5) is 13.6. The van der Waals surface area contributed by atoms with Gasteiger partial charge in [-0.25, -0.2) is 0 Å².